The summed E-state index contributed by atoms with van der Waals surface area (Å²) in [6, 6.07) is 16.3. The van der Waals surface area contributed by atoms with Gasteiger partial charge in [-0.1, -0.05) is 24.3 Å². The zero-order valence-electron chi connectivity index (χ0n) is 14.9. The number of para-hydroxylation sites is 1. The molecule has 0 bridgehead atoms. The van der Waals surface area contributed by atoms with E-state index >= 15 is 0 Å². The van der Waals surface area contributed by atoms with Crippen molar-refractivity contribution in [1.29, 1.82) is 0 Å². The Bertz CT molecular complexity index is 1270. The van der Waals surface area contributed by atoms with E-state index in [9.17, 15) is 13.2 Å². The van der Waals surface area contributed by atoms with Gasteiger partial charge in [0.1, 0.15) is 0 Å². The maximum absolute atomic E-state index is 13.6. The van der Waals surface area contributed by atoms with Crippen LogP contribution in [-0.2, 0) is 10.0 Å². The molecule has 0 saturated heterocycles. The number of hydrogen-bond donors (Lipinski definition) is 1. The fourth-order valence-electron chi connectivity index (χ4n) is 3.10. The summed E-state index contributed by atoms with van der Waals surface area (Å²) in [7, 11) is -3.95. The molecule has 0 amide bonds. The van der Waals surface area contributed by atoms with E-state index in [0.717, 1.165) is 5.56 Å². The van der Waals surface area contributed by atoms with Crippen molar-refractivity contribution >= 4 is 26.8 Å². The van der Waals surface area contributed by atoms with Gasteiger partial charge in [-0.15, -0.1) is 0 Å². The van der Waals surface area contributed by atoms with Gasteiger partial charge in [0.15, 0.2) is 5.58 Å². The number of aromatic amines is 1. The zero-order chi connectivity index (χ0) is 19.7. The molecular weight excluding hydrogens is 378 g/mol. The molecule has 0 radical (unpaired) electrons. The first-order valence-corrected chi connectivity index (χ1v) is 10.0. The summed E-state index contributed by atoms with van der Waals surface area (Å²) in [4.78, 5) is 18.1. The van der Waals surface area contributed by atoms with Crippen LogP contribution in [0.3, 0.4) is 0 Å². The molecule has 0 aliphatic heterocycles. The number of sulfonamides is 1. The van der Waals surface area contributed by atoms with Gasteiger partial charge in [0.25, 0.3) is 10.0 Å². The molecule has 4 aromatic rings. The van der Waals surface area contributed by atoms with Crippen LogP contribution in [0, 0.1) is 0 Å². The van der Waals surface area contributed by atoms with E-state index in [1.54, 1.807) is 49.6 Å². The molecule has 2 aromatic heterocycles. The third-order valence-corrected chi connectivity index (χ3v) is 6.37. The number of rotatable bonds is 5. The summed E-state index contributed by atoms with van der Waals surface area (Å²) in [6.07, 6.45) is 3.28. The van der Waals surface area contributed by atoms with E-state index in [-0.39, 0.29) is 10.5 Å². The van der Waals surface area contributed by atoms with Crippen molar-refractivity contribution in [3.8, 4) is 0 Å². The fourth-order valence-corrected chi connectivity index (χ4v) is 4.76. The first-order chi connectivity index (χ1) is 13.5. The number of H-pyrrole nitrogens is 1. The monoisotopic (exact) mass is 395 g/mol. The van der Waals surface area contributed by atoms with E-state index < -0.39 is 21.8 Å². The second-order valence-corrected chi connectivity index (χ2v) is 8.09. The Labute approximate surface area is 161 Å². The summed E-state index contributed by atoms with van der Waals surface area (Å²) in [5.41, 5.74) is 1.90. The smallest absolute Gasteiger partial charge is 0.408 e. The Morgan fingerprint density at radius 2 is 1.86 bits per heavy atom. The molecule has 142 valence electrons. The molecule has 4 rings (SSSR count). The predicted molar refractivity (Wildman–Crippen MR) is 106 cm³/mol. The SMILES string of the molecule is CC(c1cccnc1)N(c1ccccc1)S(=O)(=O)c1ccc2[nH]c(=O)oc2c1. The van der Waals surface area contributed by atoms with Crippen molar-refractivity contribution in [2.24, 2.45) is 0 Å². The lowest BCUT2D eigenvalue weighted by Crippen LogP contribution is -2.33. The van der Waals surface area contributed by atoms with Gasteiger partial charge in [-0.3, -0.25) is 14.3 Å². The second-order valence-electron chi connectivity index (χ2n) is 6.27. The van der Waals surface area contributed by atoms with Crippen molar-refractivity contribution < 1.29 is 12.8 Å². The van der Waals surface area contributed by atoms with Crippen LogP contribution in [0.25, 0.3) is 11.1 Å². The molecular formula is C20H17N3O4S. The highest BCUT2D eigenvalue weighted by Crippen LogP contribution is 2.33. The quantitative estimate of drug-likeness (QED) is 0.558. The summed E-state index contributed by atoms with van der Waals surface area (Å²) < 4.78 is 33.5. The summed E-state index contributed by atoms with van der Waals surface area (Å²) >= 11 is 0. The van der Waals surface area contributed by atoms with E-state index in [4.69, 9.17) is 4.42 Å². The van der Waals surface area contributed by atoms with E-state index in [2.05, 4.69) is 9.97 Å². The van der Waals surface area contributed by atoms with Gasteiger partial charge in [-0.05, 0) is 42.8 Å². The molecule has 1 unspecified atom stereocenters. The molecule has 1 N–H and O–H groups in total. The number of benzene rings is 2. The predicted octanol–water partition coefficient (Wildman–Crippen LogP) is 3.47. The summed E-state index contributed by atoms with van der Waals surface area (Å²) in [6.45, 7) is 1.80. The molecule has 0 aliphatic carbocycles. The zero-order valence-corrected chi connectivity index (χ0v) is 15.8. The Balaban J connectivity index is 1.87. The van der Waals surface area contributed by atoms with Crippen LogP contribution in [0.2, 0.25) is 0 Å². The number of oxazole rings is 1. The second kappa shape index (κ2) is 6.97. The van der Waals surface area contributed by atoms with Crippen LogP contribution in [0.5, 0.6) is 0 Å². The third kappa shape index (κ3) is 3.18. The van der Waals surface area contributed by atoms with Crippen LogP contribution >= 0.6 is 0 Å². The molecule has 7 nitrogen and oxygen atoms in total. The van der Waals surface area contributed by atoms with Gasteiger partial charge in [-0.2, -0.15) is 0 Å². The minimum absolute atomic E-state index is 0.0299. The largest absolute Gasteiger partial charge is 0.417 e. The van der Waals surface area contributed by atoms with Gasteiger partial charge in [0, 0.05) is 18.5 Å². The minimum Gasteiger partial charge on any atom is -0.408 e. The summed E-state index contributed by atoms with van der Waals surface area (Å²) in [5.74, 6) is -0.631. The van der Waals surface area contributed by atoms with Crippen molar-refractivity contribution in [2.45, 2.75) is 17.9 Å². The van der Waals surface area contributed by atoms with Crippen LogP contribution < -0.4 is 10.1 Å². The van der Waals surface area contributed by atoms with Crippen LogP contribution in [0.15, 0.2) is 87.2 Å². The molecule has 1 atom stereocenters. The van der Waals surface area contributed by atoms with E-state index in [1.807, 2.05) is 12.1 Å². The molecule has 2 heterocycles. The molecule has 0 spiro atoms. The van der Waals surface area contributed by atoms with Crippen molar-refractivity contribution in [2.75, 3.05) is 4.31 Å². The molecule has 2 aromatic carbocycles. The van der Waals surface area contributed by atoms with E-state index in [1.165, 1.54) is 22.5 Å². The van der Waals surface area contributed by atoms with Crippen molar-refractivity contribution in [3.05, 3.63) is 89.2 Å². The van der Waals surface area contributed by atoms with Gasteiger partial charge >= 0.3 is 5.76 Å². The molecule has 28 heavy (non-hydrogen) atoms. The Morgan fingerprint density at radius 3 is 2.57 bits per heavy atom. The number of hydrogen-bond acceptors (Lipinski definition) is 5. The highest BCUT2D eigenvalue weighted by Gasteiger charge is 2.31. The van der Waals surface area contributed by atoms with E-state index in [0.29, 0.717) is 11.2 Å². The van der Waals surface area contributed by atoms with Gasteiger partial charge < -0.3 is 4.42 Å². The Kier molecular flexibility index (Phi) is 4.48. The Hall–Kier alpha value is -3.39. The number of fused-ring (bicyclic) bond motifs is 1. The standard InChI is InChI=1S/C20H17N3O4S/c1-14(15-6-5-11-21-13-15)23(16-7-3-2-4-8-16)28(25,26)17-9-10-18-19(12-17)27-20(24)22-18/h2-14H,1H3,(H,22,24). The topological polar surface area (TPSA) is 96.3 Å². The maximum Gasteiger partial charge on any atom is 0.417 e. The van der Waals surface area contributed by atoms with Gasteiger partial charge in [-0.25, -0.2) is 13.2 Å². The Morgan fingerprint density at radius 1 is 1.07 bits per heavy atom. The lowest BCUT2D eigenvalue weighted by atomic mass is 10.1. The molecule has 0 fully saturated rings. The molecule has 0 aliphatic rings. The number of aromatic nitrogens is 2. The van der Waals surface area contributed by atoms with Crippen molar-refractivity contribution in [1.82, 2.24) is 9.97 Å². The minimum atomic E-state index is -3.95. The highest BCUT2D eigenvalue weighted by atomic mass is 32.2. The lowest BCUT2D eigenvalue weighted by molar-refractivity contribution is 0.553. The first kappa shape index (κ1) is 18.0. The number of nitrogens with one attached hydrogen (secondary N) is 1. The van der Waals surface area contributed by atoms with Gasteiger partial charge in [0.2, 0.25) is 0 Å². The fraction of sp³-hybridized carbons (Fsp3) is 0.100. The first-order valence-electron chi connectivity index (χ1n) is 8.59. The van der Waals surface area contributed by atoms with Crippen LogP contribution in [-0.4, -0.2) is 18.4 Å². The molecule has 8 heteroatoms. The normalized spacial score (nSPS) is 12.8. The van der Waals surface area contributed by atoms with Gasteiger partial charge in [0.05, 0.1) is 22.1 Å². The number of anilines is 1. The lowest BCUT2D eigenvalue weighted by Gasteiger charge is -2.30. The highest BCUT2D eigenvalue weighted by molar-refractivity contribution is 7.92. The summed E-state index contributed by atoms with van der Waals surface area (Å²) in [5, 5.41) is 0. The average molecular weight is 395 g/mol. The van der Waals surface area contributed by atoms with Crippen molar-refractivity contribution in [3.63, 3.8) is 0 Å². The third-order valence-electron chi connectivity index (χ3n) is 4.48. The number of pyridine rings is 1. The molecule has 0 saturated carbocycles. The maximum atomic E-state index is 13.6. The van der Waals surface area contributed by atoms with Crippen LogP contribution in [0.4, 0.5) is 5.69 Å². The number of nitrogens with zero attached hydrogens (tertiary/aromatic N) is 2. The average Bonchev–Trinajstić information content (AvgIpc) is 3.08. The van der Waals surface area contributed by atoms with Crippen LogP contribution in [0.1, 0.15) is 18.5 Å².